The first-order chi connectivity index (χ1) is 21.7. The van der Waals surface area contributed by atoms with E-state index in [0.29, 0.717) is 18.1 Å². The SMILES string of the molecule is CN1CCN(Cc2cccc(-c3cc4ncnc(NCCc5cnc(NC(=O)Nc6cccc(C(F)(F)F)c6)s5)c4s3)c2)CC1. The third-order valence-corrected chi connectivity index (χ3v) is 9.56. The van der Waals surface area contributed by atoms with E-state index < -0.39 is 17.8 Å². The second-order valence-electron chi connectivity index (χ2n) is 10.8. The molecule has 2 amide bonds. The van der Waals surface area contributed by atoms with Gasteiger partial charge in [0.1, 0.15) is 12.1 Å². The summed E-state index contributed by atoms with van der Waals surface area (Å²) in [4.78, 5) is 32.4. The quantitative estimate of drug-likeness (QED) is 0.160. The second-order valence-corrected chi connectivity index (χ2v) is 13.0. The van der Waals surface area contributed by atoms with E-state index in [1.807, 2.05) is 0 Å². The van der Waals surface area contributed by atoms with Crippen LogP contribution in [0.5, 0.6) is 0 Å². The fourth-order valence-corrected chi connectivity index (χ4v) is 6.91. The number of hydrogen-bond donors (Lipinski definition) is 3. The number of halogens is 3. The van der Waals surface area contributed by atoms with Crippen molar-refractivity contribution in [2.75, 3.05) is 55.7 Å². The molecule has 6 rings (SSSR count). The number of amides is 2. The molecule has 1 aliphatic rings. The number of aromatic nitrogens is 3. The normalized spacial score (nSPS) is 14.5. The number of anilines is 3. The highest BCUT2D eigenvalue weighted by Crippen LogP contribution is 2.36. The molecule has 1 fully saturated rings. The number of likely N-dealkylation sites (N-methyl/N-ethyl adjacent to an activating group) is 1. The maximum Gasteiger partial charge on any atom is 0.416 e. The summed E-state index contributed by atoms with van der Waals surface area (Å²) in [6.45, 7) is 5.86. The molecule has 0 unspecified atom stereocenters. The highest BCUT2D eigenvalue weighted by Gasteiger charge is 2.30. The van der Waals surface area contributed by atoms with Gasteiger partial charge in [0, 0.05) is 67.3 Å². The van der Waals surface area contributed by atoms with Gasteiger partial charge in [-0.3, -0.25) is 10.2 Å². The van der Waals surface area contributed by atoms with Gasteiger partial charge < -0.3 is 15.5 Å². The van der Waals surface area contributed by atoms with Crippen molar-refractivity contribution in [3.63, 3.8) is 0 Å². The molecule has 0 atom stereocenters. The number of rotatable bonds is 9. The number of urea groups is 1. The molecular weight excluding hydrogens is 622 g/mol. The summed E-state index contributed by atoms with van der Waals surface area (Å²) >= 11 is 2.95. The Kier molecular flexibility index (Phi) is 9.26. The number of thiophene rings is 1. The Labute approximate surface area is 266 Å². The molecule has 45 heavy (non-hydrogen) atoms. The largest absolute Gasteiger partial charge is 0.416 e. The molecule has 5 aromatic rings. The Morgan fingerprint density at radius 2 is 1.78 bits per heavy atom. The molecule has 9 nitrogen and oxygen atoms in total. The number of nitrogens with zero attached hydrogens (tertiary/aromatic N) is 5. The first-order valence-electron chi connectivity index (χ1n) is 14.4. The third-order valence-electron chi connectivity index (χ3n) is 7.41. The first kappa shape index (κ1) is 30.9. The molecular formula is C31H31F3N8OS2. The average Bonchev–Trinajstić information content (AvgIpc) is 3.66. The van der Waals surface area contributed by atoms with E-state index in [1.165, 1.54) is 29.0 Å². The van der Waals surface area contributed by atoms with Gasteiger partial charge in [0.2, 0.25) is 0 Å². The molecule has 3 aromatic heterocycles. The number of nitrogens with one attached hydrogen (secondary N) is 3. The summed E-state index contributed by atoms with van der Waals surface area (Å²) in [7, 11) is 2.17. The molecule has 4 heterocycles. The molecule has 1 aliphatic heterocycles. The number of fused-ring (bicyclic) bond motifs is 1. The van der Waals surface area contributed by atoms with Crippen molar-refractivity contribution in [2.24, 2.45) is 0 Å². The van der Waals surface area contributed by atoms with Crippen molar-refractivity contribution >= 4 is 55.6 Å². The lowest BCUT2D eigenvalue weighted by Gasteiger charge is -2.32. The van der Waals surface area contributed by atoms with Gasteiger partial charge >= 0.3 is 12.2 Å². The number of piperazine rings is 1. The van der Waals surface area contributed by atoms with Crippen molar-refractivity contribution in [2.45, 2.75) is 19.1 Å². The third kappa shape index (κ3) is 7.95. The molecule has 0 saturated carbocycles. The van der Waals surface area contributed by atoms with Crippen molar-refractivity contribution in [1.82, 2.24) is 24.8 Å². The number of carbonyl (C=O) groups excluding carboxylic acids is 1. The van der Waals surface area contributed by atoms with Gasteiger partial charge in [-0.1, -0.05) is 24.3 Å². The topological polar surface area (TPSA) is 98.3 Å². The molecule has 0 aliphatic carbocycles. The number of thiazole rings is 1. The predicted molar refractivity (Wildman–Crippen MR) is 174 cm³/mol. The highest BCUT2D eigenvalue weighted by atomic mass is 32.1. The molecule has 3 N–H and O–H groups in total. The zero-order valence-corrected chi connectivity index (χ0v) is 26.0. The van der Waals surface area contributed by atoms with Crippen LogP contribution in [0.25, 0.3) is 20.7 Å². The summed E-state index contributed by atoms with van der Waals surface area (Å²) in [6, 6.07) is 14.6. The van der Waals surface area contributed by atoms with E-state index in [9.17, 15) is 18.0 Å². The molecule has 1 saturated heterocycles. The van der Waals surface area contributed by atoms with Gasteiger partial charge in [-0.15, -0.1) is 22.7 Å². The monoisotopic (exact) mass is 652 g/mol. The average molecular weight is 653 g/mol. The predicted octanol–water partition coefficient (Wildman–Crippen LogP) is 6.88. The van der Waals surface area contributed by atoms with Gasteiger partial charge in [-0.25, -0.2) is 19.7 Å². The van der Waals surface area contributed by atoms with Crippen LogP contribution in [0.3, 0.4) is 0 Å². The Balaban J connectivity index is 1.04. The zero-order valence-electron chi connectivity index (χ0n) is 24.4. The Morgan fingerprint density at radius 3 is 2.60 bits per heavy atom. The van der Waals surface area contributed by atoms with Crippen LogP contribution in [0.15, 0.2) is 67.1 Å². The zero-order chi connectivity index (χ0) is 31.4. The van der Waals surface area contributed by atoms with E-state index >= 15 is 0 Å². The summed E-state index contributed by atoms with van der Waals surface area (Å²) in [5.41, 5.74) is 2.54. The minimum Gasteiger partial charge on any atom is -0.368 e. The van der Waals surface area contributed by atoms with Gasteiger partial charge in [-0.05, 0) is 48.5 Å². The van der Waals surface area contributed by atoms with Crippen LogP contribution in [-0.2, 0) is 19.1 Å². The van der Waals surface area contributed by atoms with Crippen LogP contribution >= 0.6 is 22.7 Å². The lowest BCUT2D eigenvalue weighted by atomic mass is 10.1. The summed E-state index contributed by atoms with van der Waals surface area (Å²) in [5, 5.41) is 8.75. The molecule has 0 bridgehead atoms. The summed E-state index contributed by atoms with van der Waals surface area (Å²) < 4.78 is 39.8. The number of carbonyl (C=O) groups is 1. The standard InChI is InChI=1S/C31H31F3N8OS2/c1-41-10-12-42(13-11-41)18-20-4-2-5-21(14-20)26-16-25-27(45-26)28(38-19-37-25)35-9-8-24-17-36-30(44-24)40-29(43)39-23-7-3-6-22(15-23)31(32,33)34/h2-7,14-17,19H,8-13,18H2,1H3,(H,35,37,38)(H2,36,39,40,43). The molecule has 0 radical (unpaired) electrons. The number of hydrogen-bond acceptors (Lipinski definition) is 9. The van der Waals surface area contributed by atoms with Crippen molar-refractivity contribution in [3.8, 4) is 10.4 Å². The van der Waals surface area contributed by atoms with Crippen molar-refractivity contribution in [3.05, 3.63) is 83.1 Å². The first-order valence-corrected chi connectivity index (χ1v) is 16.0. The Morgan fingerprint density at radius 1 is 0.956 bits per heavy atom. The van der Waals surface area contributed by atoms with Gasteiger partial charge in [-0.2, -0.15) is 13.2 Å². The lowest BCUT2D eigenvalue weighted by Crippen LogP contribution is -2.43. The fraction of sp³-hybridized carbons (Fsp3) is 0.290. The van der Waals surface area contributed by atoms with Gasteiger partial charge in [0.25, 0.3) is 0 Å². The molecule has 14 heteroatoms. The number of benzene rings is 2. The summed E-state index contributed by atoms with van der Waals surface area (Å²) in [5.74, 6) is 0.758. The fourth-order valence-electron chi connectivity index (χ4n) is 5.03. The minimum atomic E-state index is -4.49. The van der Waals surface area contributed by atoms with Crippen molar-refractivity contribution in [1.29, 1.82) is 0 Å². The van der Waals surface area contributed by atoms with Crippen LogP contribution in [0.2, 0.25) is 0 Å². The van der Waals surface area contributed by atoms with E-state index in [1.54, 1.807) is 23.9 Å². The van der Waals surface area contributed by atoms with E-state index in [4.69, 9.17) is 0 Å². The molecule has 2 aromatic carbocycles. The van der Waals surface area contributed by atoms with E-state index in [2.05, 4.69) is 78.1 Å². The van der Waals surface area contributed by atoms with Crippen LogP contribution in [0.4, 0.5) is 34.6 Å². The molecule has 0 spiro atoms. The highest BCUT2D eigenvalue weighted by molar-refractivity contribution is 7.22. The second kappa shape index (κ2) is 13.5. The van der Waals surface area contributed by atoms with Crippen LogP contribution in [0.1, 0.15) is 16.0 Å². The summed E-state index contributed by atoms with van der Waals surface area (Å²) in [6.07, 6.45) is -0.637. The van der Waals surface area contributed by atoms with Crippen LogP contribution < -0.4 is 16.0 Å². The smallest absolute Gasteiger partial charge is 0.368 e. The van der Waals surface area contributed by atoms with Crippen LogP contribution in [0, 0.1) is 0 Å². The lowest BCUT2D eigenvalue weighted by molar-refractivity contribution is -0.137. The number of alkyl halides is 3. The van der Waals surface area contributed by atoms with Crippen molar-refractivity contribution < 1.29 is 18.0 Å². The maximum atomic E-state index is 13.0. The Hall–Kier alpha value is -4.11. The Bertz CT molecular complexity index is 1780. The van der Waals surface area contributed by atoms with Gasteiger partial charge in [0.05, 0.1) is 15.8 Å². The van der Waals surface area contributed by atoms with Crippen LogP contribution in [-0.4, -0.2) is 70.6 Å². The minimum absolute atomic E-state index is 0.0366. The molecule has 234 valence electrons. The van der Waals surface area contributed by atoms with E-state index in [0.717, 1.165) is 76.2 Å². The van der Waals surface area contributed by atoms with Gasteiger partial charge in [0.15, 0.2) is 5.13 Å². The maximum absolute atomic E-state index is 13.0. The van der Waals surface area contributed by atoms with E-state index in [-0.39, 0.29) is 5.69 Å².